The molecule has 0 atom stereocenters. The van der Waals surface area contributed by atoms with Gasteiger partial charge in [0.05, 0.1) is 6.61 Å². The van der Waals surface area contributed by atoms with Gasteiger partial charge in [0.2, 0.25) is 0 Å². The van der Waals surface area contributed by atoms with Crippen molar-refractivity contribution >= 4 is 10.9 Å². The molecule has 0 amide bonds. The molecule has 104 valence electrons. The Labute approximate surface area is 111 Å². The molecule has 0 aliphatic carbocycles. The lowest BCUT2D eigenvalue weighted by molar-refractivity contribution is -0.131. The maximum Gasteiger partial charge on any atom is 0.345 e. The summed E-state index contributed by atoms with van der Waals surface area (Å²) in [6.07, 6.45) is 2.89. The number of hydrogen-bond acceptors (Lipinski definition) is 2. The second-order valence-corrected chi connectivity index (χ2v) is 4.54. The number of likely N-dealkylation sites (N-methyl/N-ethyl adjacent to an activating group) is 1. The minimum absolute atomic E-state index is 0.0576. The minimum Gasteiger partial charge on any atom is -0.361 e. The molecule has 1 aromatic carbocycles. The third-order valence-corrected chi connectivity index (χ3v) is 3.15. The second kappa shape index (κ2) is 6.63. The number of para-hydroxylation sites is 1. The number of benzene rings is 1. The summed E-state index contributed by atoms with van der Waals surface area (Å²) < 4.78 is 27.9. The van der Waals surface area contributed by atoms with Crippen LogP contribution in [0, 0.1) is 0 Å². The largest absolute Gasteiger partial charge is 0.361 e. The molecule has 0 radical (unpaired) electrons. The molecule has 3 nitrogen and oxygen atoms in total. The zero-order valence-corrected chi connectivity index (χ0v) is 10.9. The van der Waals surface area contributed by atoms with E-state index >= 15 is 0 Å². The van der Waals surface area contributed by atoms with Crippen LogP contribution in [0.5, 0.6) is 0 Å². The maximum absolute atomic E-state index is 11.8. The van der Waals surface area contributed by atoms with Crippen LogP contribution >= 0.6 is 0 Å². The fraction of sp³-hybridized carbons (Fsp3) is 0.429. The number of aromatic nitrogens is 1. The quantitative estimate of drug-likeness (QED) is 0.836. The van der Waals surface area contributed by atoms with Gasteiger partial charge in [0.25, 0.3) is 0 Å². The van der Waals surface area contributed by atoms with E-state index in [1.807, 2.05) is 36.3 Å². The fourth-order valence-electron chi connectivity index (χ4n) is 2.06. The lowest BCUT2D eigenvalue weighted by atomic mass is 10.1. The van der Waals surface area contributed by atoms with E-state index in [4.69, 9.17) is 0 Å². The number of H-pyrrole nitrogens is 1. The van der Waals surface area contributed by atoms with Gasteiger partial charge in [0.15, 0.2) is 0 Å². The Kier molecular flexibility index (Phi) is 4.87. The molecule has 1 N–H and O–H groups in total. The van der Waals surface area contributed by atoms with E-state index in [1.54, 1.807) is 0 Å². The first-order valence-electron chi connectivity index (χ1n) is 6.30. The Hall–Kier alpha value is -1.46. The summed E-state index contributed by atoms with van der Waals surface area (Å²) in [4.78, 5) is 5.22. The summed E-state index contributed by atoms with van der Waals surface area (Å²) in [6.45, 7) is -1.30. The fourth-order valence-corrected chi connectivity index (χ4v) is 2.06. The van der Waals surface area contributed by atoms with Crippen LogP contribution in [0.4, 0.5) is 8.78 Å². The van der Waals surface area contributed by atoms with Crippen LogP contribution in [-0.2, 0) is 11.2 Å². The number of nitrogens with zero attached hydrogens (tertiary/aromatic N) is 1. The normalized spacial score (nSPS) is 11.8. The van der Waals surface area contributed by atoms with Gasteiger partial charge < -0.3 is 14.6 Å². The van der Waals surface area contributed by atoms with E-state index in [0.717, 1.165) is 18.5 Å². The zero-order valence-electron chi connectivity index (χ0n) is 10.9. The van der Waals surface area contributed by atoms with Gasteiger partial charge in [-0.15, -0.1) is 0 Å². The molecule has 1 heterocycles. The molecule has 0 saturated carbocycles. The molecule has 0 aliphatic heterocycles. The second-order valence-electron chi connectivity index (χ2n) is 4.54. The summed E-state index contributed by atoms with van der Waals surface area (Å²) in [5, 5.41) is 1.22. The molecule has 19 heavy (non-hydrogen) atoms. The van der Waals surface area contributed by atoms with Gasteiger partial charge in [-0.05, 0) is 25.1 Å². The van der Waals surface area contributed by atoms with Crippen molar-refractivity contribution in [1.82, 2.24) is 9.88 Å². The summed E-state index contributed by atoms with van der Waals surface area (Å²) >= 11 is 0. The van der Waals surface area contributed by atoms with Crippen molar-refractivity contribution in [3.8, 4) is 0 Å². The molecular formula is C14H18F2N2O. The molecule has 5 heteroatoms. The third-order valence-electron chi connectivity index (χ3n) is 3.15. The minimum atomic E-state index is -2.68. The van der Waals surface area contributed by atoms with E-state index in [9.17, 15) is 8.78 Å². The SMILES string of the molecule is CN(CCOC(F)F)CCc1c[nH]c2ccccc12. The average molecular weight is 268 g/mol. The van der Waals surface area contributed by atoms with Crippen molar-refractivity contribution in [3.05, 3.63) is 36.0 Å². The van der Waals surface area contributed by atoms with Crippen LogP contribution < -0.4 is 0 Å². The summed E-state index contributed by atoms with van der Waals surface area (Å²) in [5.74, 6) is 0. The average Bonchev–Trinajstić information content (AvgIpc) is 2.79. The van der Waals surface area contributed by atoms with Crippen molar-refractivity contribution in [1.29, 1.82) is 0 Å². The molecule has 2 rings (SSSR count). The molecule has 0 bridgehead atoms. The number of hydrogen-bond donors (Lipinski definition) is 1. The highest BCUT2D eigenvalue weighted by Gasteiger charge is 2.06. The third kappa shape index (κ3) is 4.01. The Balaban J connectivity index is 1.81. The lowest BCUT2D eigenvalue weighted by Crippen LogP contribution is -2.26. The molecule has 0 unspecified atom stereocenters. The number of aromatic amines is 1. The molecule has 1 aromatic heterocycles. The number of rotatable bonds is 7. The van der Waals surface area contributed by atoms with Crippen molar-refractivity contribution in [2.45, 2.75) is 13.0 Å². The first kappa shape index (κ1) is 14.0. The highest BCUT2D eigenvalue weighted by atomic mass is 19.3. The van der Waals surface area contributed by atoms with Gasteiger partial charge in [-0.25, -0.2) is 0 Å². The first-order valence-corrected chi connectivity index (χ1v) is 6.30. The van der Waals surface area contributed by atoms with E-state index < -0.39 is 6.61 Å². The van der Waals surface area contributed by atoms with E-state index in [1.165, 1.54) is 10.9 Å². The number of nitrogens with one attached hydrogen (secondary N) is 1. The Bertz CT molecular complexity index is 513. The summed E-state index contributed by atoms with van der Waals surface area (Å²) in [7, 11) is 1.91. The van der Waals surface area contributed by atoms with Crippen LogP contribution in [0.3, 0.4) is 0 Å². The van der Waals surface area contributed by atoms with Crippen molar-refractivity contribution < 1.29 is 13.5 Å². The van der Waals surface area contributed by atoms with Crippen LogP contribution in [0.15, 0.2) is 30.5 Å². The standard InChI is InChI=1S/C14H18F2N2O/c1-18(8-9-19-14(15)16)7-6-11-10-17-13-5-3-2-4-12(11)13/h2-5,10,14,17H,6-9H2,1H3. The van der Waals surface area contributed by atoms with Gasteiger partial charge in [-0.3, -0.25) is 0 Å². The lowest BCUT2D eigenvalue weighted by Gasteiger charge is -2.16. The topological polar surface area (TPSA) is 28.3 Å². The predicted octanol–water partition coefficient (Wildman–Crippen LogP) is 2.88. The van der Waals surface area contributed by atoms with Crippen LogP contribution in [0.2, 0.25) is 0 Å². The van der Waals surface area contributed by atoms with Crippen molar-refractivity contribution in [3.63, 3.8) is 0 Å². The number of fused-ring (bicyclic) bond motifs is 1. The van der Waals surface area contributed by atoms with Gasteiger partial charge in [0.1, 0.15) is 0 Å². The Morgan fingerprint density at radius 2 is 2.05 bits per heavy atom. The van der Waals surface area contributed by atoms with Crippen LogP contribution in [0.1, 0.15) is 5.56 Å². The van der Waals surface area contributed by atoms with Crippen molar-refractivity contribution in [2.24, 2.45) is 0 Å². The number of ether oxygens (including phenoxy) is 1. The van der Waals surface area contributed by atoms with E-state index in [0.29, 0.717) is 6.54 Å². The summed E-state index contributed by atoms with van der Waals surface area (Å²) in [6, 6.07) is 8.14. The van der Waals surface area contributed by atoms with Gasteiger partial charge in [-0.2, -0.15) is 8.78 Å². The molecule has 0 saturated heterocycles. The monoisotopic (exact) mass is 268 g/mol. The number of alkyl halides is 2. The van der Waals surface area contributed by atoms with E-state index in [2.05, 4.69) is 15.8 Å². The van der Waals surface area contributed by atoms with Gasteiger partial charge in [-0.1, -0.05) is 18.2 Å². The Morgan fingerprint density at radius 1 is 1.26 bits per heavy atom. The van der Waals surface area contributed by atoms with Gasteiger partial charge in [0, 0.05) is 30.2 Å². The van der Waals surface area contributed by atoms with Crippen LogP contribution in [0.25, 0.3) is 10.9 Å². The zero-order chi connectivity index (χ0) is 13.7. The highest BCUT2D eigenvalue weighted by Crippen LogP contribution is 2.18. The Morgan fingerprint density at radius 3 is 2.84 bits per heavy atom. The first-order chi connectivity index (χ1) is 9.16. The van der Waals surface area contributed by atoms with E-state index in [-0.39, 0.29) is 6.61 Å². The smallest absolute Gasteiger partial charge is 0.345 e. The molecule has 0 fully saturated rings. The molecule has 0 spiro atoms. The van der Waals surface area contributed by atoms with Gasteiger partial charge >= 0.3 is 6.61 Å². The molecule has 0 aliphatic rings. The summed E-state index contributed by atoms with van der Waals surface area (Å²) in [5.41, 5.74) is 2.37. The maximum atomic E-state index is 11.8. The predicted molar refractivity (Wildman–Crippen MR) is 71.5 cm³/mol. The van der Waals surface area contributed by atoms with Crippen LogP contribution in [-0.4, -0.2) is 43.2 Å². The van der Waals surface area contributed by atoms with Crippen molar-refractivity contribution in [2.75, 3.05) is 26.7 Å². The highest BCUT2D eigenvalue weighted by molar-refractivity contribution is 5.83. The number of halogens is 2. The molecular weight excluding hydrogens is 250 g/mol. The molecule has 2 aromatic rings.